The van der Waals surface area contributed by atoms with Gasteiger partial charge in [-0.3, -0.25) is 4.57 Å². The van der Waals surface area contributed by atoms with Gasteiger partial charge in [-0.25, -0.2) is 14.3 Å². The third kappa shape index (κ3) is 2.92. The molecule has 27 heavy (non-hydrogen) atoms. The molecule has 10 heteroatoms. The molecule has 4 aromatic rings. The van der Waals surface area contributed by atoms with Gasteiger partial charge in [-0.05, 0) is 23.8 Å². The van der Waals surface area contributed by atoms with E-state index in [1.165, 1.54) is 16.4 Å². The second kappa shape index (κ2) is 6.41. The number of aromatic amines is 1. The number of benzene rings is 1. The van der Waals surface area contributed by atoms with Crippen LogP contribution in [0.1, 0.15) is 15.9 Å². The number of H-pyrrole nitrogens is 1. The number of hydrogen-bond donors (Lipinski definition) is 2. The minimum atomic E-state index is -0.448. The predicted octanol–water partition coefficient (Wildman–Crippen LogP) is 0.722. The van der Waals surface area contributed by atoms with Crippen LogP contribution < -0.4 is 11.4 Å². The molecule has 0 unspecified atom stereocenters. The highest BCUT2D eigenvalue weighted by Crippen LogP contribution is 2.17. The molecule has 4 rings (SSSR count). The zero-order chi connectivity index (χ0) is 19.0. The first-order chi connectivity index (χ1) is 13.1. The Labute approximate surface area is 152 Å². The van der Waals surface area contributed by atoms with Crippen molar-refractivity contribution >= 4 is 23.0 Å². The largest absolute Gasteiger partial charge is 0.465 e. The summed E-state index contributed by atoms with van der Waals surface area (Å²) < 4.78 is 7.61. The number of anilines is 1. The van der Waals surface area contributed by atoms with Crippen molar-refractivity contribution in [1.82, 2.24) is 29.3 Å². The molecule has 3 aromatic heterocycles. The molecule has 0 aliphatic carbocycles. The van der Waals surface area contributed by atoms with Crippen LogP contribution in [0, 0.1) is 0 Å². The molecule has 0 spiro atoms. The Morgan fingerprint density at radius 2 is 2.15 bits per heavy atom. The van der Waals surface area contributed by atoms with Crippen molar-refractivity contribution in [2.75, 3.05) is 12.8 Å². The molecule has 0 saturated heterocycles. The fraction of sp³-hybridized carbons (Fsp3) is 0.118. The molecule has 3 N–H and O–H groups in total. The molecule has 0 radical (unpaired) electrons. The van der Waals surface area contributed by atoms with Crippen molar-refractivity contribution < 1.29 is 9.53 Å². The fourth-order valence-electron chi connectivity index (χ4n) is 2.77. The number of nitrogens with zero attached hydrogens (tertiary/aromatic N) is 5. The summed E-state index contributed by atoms with van der Waals surface area (Å²) in [4.78, 5) is 35.4. The third-order valence-electron chi connectivity index (χ3n) is 4.04. The Morgan fingerprint density at radius 1 is 1.30 bits per heavy atom. The summed E-state index contributed by atoms with van der Waals surface area (Å²) in [5.74, 6) is -0.0543. The van der Waals surface area contributed by atoms with Gasteiger partial charge < -0.3 is 15.5 Å². The van der Waals surface area contributed by atoms with Gasteiger partial charge in [0.1, 0.15) is 5.52 Å². The van der Waals surface area contributed by atoms with Crippen molar-refractivity contribution in [2.24, 2.45) is 0 Å². The Balaban J connectivity index is 1.81. The van der Waals surface area contributed by atoms with Gasteiger partial charge in [0.15, 0.2) is 11.5 Å². The molecule has 0 saturated carbocycles. The Kier molecular flexibility index (Phi) is 3.92. The number of imidazole rings is 1. The molecule has 0 atom stereocenters. The number of rotatable bonds is 4. The number of fused-ring (bicyclic) bond motifs is 1. The van der Waals surface area contributed by atoms with Crippen LogP contribution in [0.4, 0.5) is 5.82 Å². The second-order valence-corrected chi connectivity index (χ2v) is 5.77. The molecule has 0 amide bonds. The number of nitrogens with two attached hydrogens (primary N) is 1. The maximum absolute atomic E-state index is 12.4. The van der Waals surface area contributed by atoms with Crippen molar-refractivity contribution in [3.8, 4) is 5.95 Å². The number of hydrogen-bond acceptors (Lipinski definition) is 7. The summed E-state index contributed by atoms with van der Waals surface area (Å²) in [6, 6.07) is 8.56. The lowest BCUT2D eigenvalue weighted by Gasteiger charge is -2.07. The van der Waals surface area contributed by atoms with Crippen LogP contribution in [0.2, 0.25) is 0 Å². The predicted molar refractivity (Wildman–Crippen MR) is 96.6 cm³/mol. The third-order valence-corrected chi connectivity index (χ3v) is 4.04. The Hall–Kier alpha value is -3.95. The number of nitrogen functional groups attached to an aromatic ring is 1. The molecule has 0 aliphatic heterocycles. The van der Waals surface area contributed by atoms with E-state index in [4.69, 9.17) is 10.5 Å². The lowest BCUT2D eigenvalue weighted by Crippen LogP contribution is -2.18. The average Bonchev–Trinajstić information content (AvgIpc) is 3.31. The van der Waals surface area contributed by atoms with Crippen LogP contribution in [-0.4, -0.2) is 42.4 Å². The highest BCUT2D eigenvalue weighted by molar-refractivity contribution is 5.89. The first-order valence-corrected chi connectivity index (χ1v) is 8.00. The van der Waals surface area contributed by atoms with Crippen molar-refractivity contribution in [1.29, 1.82) is 0 Å². The summed E-state index contributed by atoms with van der Waals surface area (Å²) in [5.41, 5.74) is 7.43. The van der Waals surface area contributed by atoms with E-state index in [-0.39, 0.29) is 24.0 Å². The molecule has 10 nitrogen and oxygen atoms in total. The van der Waals surface area contributed by atoms with Gasteiger partial charge in [0.25, 0.3) is 5.95 Å². The van der Waals surface area contributed by atoms with Gasteiger partial charge >= 0.3 is 11.7 Å². The lowest BCUT2D eigenvalue weighted by atomic mass is 10.1. The van der Waals surface area contributed by atoms with Crippen LogP contribution >= 0.6 is 0 Å². The lowest BCUT2D eigenvalue weighted by molar-refractivity contribution is 0.0600. The van der Waals surface area contributed by atoms with Gasteiger partial charge in [-0.2, -0.15) is 15.1 Å². The summed E-state index contributed by atoms with van der Waals surface area (Å²) in [6.07, 6.45) is 3.27. The molecule has 136 valence electrons. The minimum Gasteiger partial charge on any atom is -0.465 e. The van der Waals surface area contributed by atoms with Crippen molar-refractivity contribution in [3.05, 3.63) is 64.3 Å². The number of ether oxygens (including phenoxy) is 1. The monoisotopic (exact) mass is 365 g/mol. The first-order valence-electron chi connectivity index (χ1n) is 8.00. The zero-order valence-electron chi connectivity index (χ0n) is 14.3. The number of methoxy groups -OCH3 is 1. The molecular formula is C17H15N7O3. The molecule has 0 bridgehead atoms. The van der Waals surface area contributed by atoms with Crippen LogP contribution in [-0.2, 0) is 11.3 Å². The van der Waals surface area contributed by atoms with Crippen LogP contribution in [0.3, 0.4) is 0 Å². The first kappa shape index (κ1) is 16.5. The van der Waals surface area contributed by atoms with Gasteiger partial charge in [-0.1, -0.05) is 12.1 Å². The van der Waals surface area contributed by atoms with Crippen LogP contribution in [0.15, 0.2) is 47.5 Å². The molecule has 1 aromatic carbocycles. The van der Waals surface area contributed by atoms with E-state index in [1.807, 2.05) is 0 Å². The van der Waals surface area contributed by atoms with E-state index < -0.39 is 5.97 Å². The molecule has 0 aliphatic rings. The fourth-order valence-corrected chi connectivity index (χ4v) is 2.77. The van der Waals surface area contributed by atoms with E-state index in [9.17, 15) is 9.59 Å². The molecular weight excluding hydrogens is 350 g/mol. The molecule has 3 heterocycles. The number of esters is 1. The van der Waals surface area contributed by atoms with Crippen molar-refractivity contribution in [2.45, 2.75) is 6.54 Å². The normalized spacial score (nSPS) is 11.0. The van der Waals surface area contributed by atoms with Gasteiger partial charge in [-0.15, -0.1) is 0 Å². The minimum absolute atomic E-state index is 0.143. The SMILES string of the molecule is COC(=O)c1cccc(Cn2c(=O)[nH]c3c(N)nc(-n4cccn4)nc32)c1. The van der Waals surface area contributed by atoms with E-state index in [0.717, 1.165) is 5.56 Å². The Bertz CT molecular complexity index is 1190. The maximum atomic E-state index is 12.4. The zero-order valence-corrected chi connectivity index (χ0v) is 14.3. The number of carbonyl (C=O) groups is 1. The Morgan fingerprint density at radius 3 is 2.89 bits per heavy atom. The smallest absolute Gasteiger partial charge is 0.337 e. The second-order valence-electron chi connectivity index (χ2n) is 5.77. The molecule has 0 fully saturated rings. The van der Waals surface area contributed by atoms with E-state index in [1.54, 1.807) is 42.7 Å². The van der Waals surface area contributed by atoms with E-state index in [0.29, 0.717) is 16.7 Å². The van der Waals surface area contributed by atoms with Gasteiger partial charge in [0.2, 0.25) is 0 Å². The van der Waals surface area contributed by atoms with Crippen LogP contribution in [0.25, 0.3) is 17.1 Å². The topological polar surface area (TPSA) is 134 Å². The summed E-state index contributed by atoms with van der Waals surface area (Å²) in [7, 11) is 1.32. The standard InChI is InChI=1S/C17H15N7O3/c1-27-15(25)11-5-2-4-10(8-11)9-23-14-12(20-17(23)26)13(18)21-16(22-14)24-7-3-6-19-24/h2-8H,9H2,1H3,(H,20,26)(H2,18,21,22). The number of carbonyl (C=O) groups excluding carboxylic acids is 1. The quantitative estimate of drug-likeness (QED) is 0.509. The summed E-state index contributed by atoms with van der Waals surface area (Å²) in [5, 5.41) is 4.08. The highest BCUT2D eigenvalue weighted by atomic mass is 16.5. The van der Waals surface area contributed by atoms with Gasteiger partial charge in [0, 0.05) is 12.4 Å². The summed E-state index contributed by atoms with van der Waals surface area (Å²) >= 11 is 0. The van der Waals surface area contributed by atoms with Gasteiger partial charge in [0.05, 0.1) is 19.2 Å². The average molecular weight is 365 g/mol. The summed E-state index contributed by atoms with van der Waals surface area (Å²) in [6.45, 7) is 0.193. The van der Waals surface area contributed by atoms with E-state index >= 15 is 0 Å². The maximum Gasteiger partial charge on any atom is 0.337 e. The van der Waals surface area contributed by atoms with E-state index in [2.05, 4.69) is 20.1 Å². The highest BCUT2D eigenvalue weighted by Gasteiger charge is 2.16. The number of nitrogens with one attached hydrogen (secondary N) is 1. The number of aromatic nitrogens is 6. The van der Waals surface area contributed by atoms with Crippen molar-refractivity contribution in [3.63, 3.8) is 0 Å². The van der Waals surface area contributed by atoms with Crippen LogP contribution in [0.5, 0.6) is 0 Å².